The Balaban J connectivity index is 1.78. The summed E-state index contributed by atoms with van der Waals surface area (Å²) in [5, 5.41) is 7.65. The second kappa shape index (κ2) is 3.11. The highest BCUT2D eigenvalue weighted by Crippen LogP contribution is 2.23. The lowest BCUT2D eigenvalue weighted by atomic mass is 9.99. The molecular formula is C7H14N2S. The molecule has 2 N–H and O–H groups in total. The molecule has 0 saturated carbocycles. The summed E-state index contributed by atoms with van der Waals surface area (Å²) >= 11 is 2.14. The third-order valence-corrected chi connectivity index (χ3v) is 3.71. The van der Waals surface area contributed by atoms with Gasteiger partial charge in [0, 0.05) is 37.2 Å². The van der Waals surface area contributed by atoms with Gasteiger partial charge in [0.15, 0.2) is 0 Å². The number of hydrogen-bond donors (Lipinski definition) is 2. The maximum absolute atomic E-state index is 3.44. The van der Waals surface area contributed by atoms with E-state index >= 15 is 0 Å². The number of nitrogens with one attached hydrogen (secondary N) is 2. The van der Waals surface area contributed by atoms with Gasteiger partial charge in [-0.05, 0) is 5.92 Å². The lowest BCUT2D eigenvalue weighted by Gasteiger charge is -2.36. The Hall–Kier alpha value is 0.270. The molecule has 1 unspecified atom stereocenters. The SMILES string of the molecule is C1CSC(C2CNC2)CN1. The lowest BCUT2D eigenvalue weighted by Crippen LogP contribution is -2.51. The molecule has 2 nitrogen and oxygen atoms in total. The minimum atomic E-state index is 0.898. The Bertz CT molecular complexity index is 108. The van der Waals surface area contributed by atoms with Gasteiger partial charge in [0.1, 0.15) is 0 Å². The molecule has 58 valence electrons. The van der Waals surface area contributed by atoms with E-state index in [4.69, 9.17) is 0 Å². The molecule has 2 heterocycles. The van der Waals surface area contributed by atoms with Crippen LogP contribution in [-0.2, 0) is 0 Å². The van der Waals surface area contributed by atoms with Crippen LogP contribution >= 0.6 is 11.8 Å². The molecule has 1 atom stereocenters. The van der Waals surface area contributed by atoms with E-state index in [-0.39, 0.29) is 0 Å². The van der Waals surface area contributed by atoms with Crippen LogP contribution in [-0.4, -0.2) is 37.2 Å². The highest BCUT2D eigenvalue weighted by Gasteiger charge is 2.28. The van der Waals surface area contributed by atoms with Gasteiger partial charge in [0.2, 0.25) is 0 Å². The largest absolute Gasteiger partial charge is 0.316 e. The van der Waals surface area contributed by atoms with Crippen molar-refractivity contribution in [1.29, 1.82) is 0 Å². The third kappa shape index (κ3) is 1.31. The standard InChI is InChI=1S/C7H14N2S/c1-2-10-7(5-8-1)6-3-9-4-6/h6-9H,1-5H2. The fourth-order valence-electron chi connectivity index (χ4n) is 1.46. The predicted molar refractivity (Wildman–Crippen MR) is 45.5 cm³/mol. The van der Waals surface area contributed by atoms with Crippen molar-refractivity contribution >= 4 is 11.8 Å². The molecule has 0 aromatic carbocycles. The predicted octanol–water partition coefficient (Wildman–Crippen LogP) is -0.0892. The summed E-state index contributed by atoms with van der Waals surface area (Å²) in [6, 6.07) is 0. The van der Waals surface area contributed by atoms with Gasteiger partial charge in [-0.1, -0.05) is 0 Å². The average molecular weight is 158 g/mol. The minimum absolute atomic E-state index is 0.898. The van der Waals surface area contributed by atoms with Crippen LogP contribution < -0.4 is 10.6 Å². The van der Waals surface area contributed by atoms with Crippen molar-refractivity contribution in [3.63, 3.8) is 0 Å². The molecule has 0 aromatic heterocycles. The van der Waals surface area contributed by atoms with Crippen molar-refractivity contribution in [2.24, 2.45) is 5.92 Å². The molecule has 2 aliphatic heterocycles. The van der Waals surface area contributed by atoms with Gasteiger partial charge in [-0.25, -0.2) is 0 Å². The minimum Gasteiger partial charge on any atom is -0.316 e. The van der Waals surface area contributed by atoms with Crippen molar-refractivity contribution in [3.05, 3.63) is 0 Å². The first-order chi connectivity index (χ1) is 4.97. The van der Waals surface area contributed by atoms with Crippen LogP contribution in [0.15, 0.2) is 0 Å². The average Bonchev–Trinajstić information content (AvgIpc) is 1.86. The van der Waals surface area contributed by atoms with Gasteiger partial charge < -0.3 is 10.6 Å². The van der Waals surface area contributed by atoms with Crippen LogP contribution in [0.1, 0.15) is 0 Å². The molecule has 0 aliphatic carbocycles. The van der Waals surface area contributed by atoms with E-state index in [2.05, 4.69) is 22.4 Å². The van der Waals surface area contributed by atoms with E-state index in [0.717, 1.165) is 11.2 Å². The zero-order chi connectivity index (χ0) is 6.81. The zero-order valence-electron chi connectivity index (χ0n) is 6.10. The van der Waals surface area contributed by atoms with E-state index < -0.39 is 0 Å². The molecule has 0 aromatic rings. The summed E-state index contributed by atoms with van der Waals surface area (Å²) in [4.78, 5) is 0. The second-order valence-corrected chi connectivity index (χ2v) is 4.38. The molecule has 0 spiro atoms. The maximum Gasteiger partial charge on any atom is 0.0225 e. The van der Waals surface area contributed by atoms with Gasteiger partial charge in [0.05, 0.1) is 0 Å². The van der Waals surface area contributed by atoms with Crippen molar-refractivity contribution in [3.8, 4) is 0 Å². The fraction of sp³-hybridized carbons (Fsp3) is 1.00. The molecule has 0 radical (unpaired) electrons. The van der Waals surface area contributed by atoms with Crippen LogP contribution in [0.4, 0.5) is 0 Å². The molecule has 2 rings (SSSR count). The summed E-state index contributed by atoms with van der Waals surface area (Å²) in [7, 11) is 0. The van der Waals surface area contributed by atoms with E-state index in [1.165, 1.54) is 31.9 Å². The Morgan fingerprint density at radius 1 is 1.10 bits per heavy atom. The second-order valence-electron chi connectivity index (χ2n) is 3.03. The van der Waals surface area contributed by atoms with E-state index in [0.29, 0.717) is 0 Å². The molecule has 0 bridgehead atoms. The van der Waals surface area contributed by atoms with Crippen LogP contribution in [0.25, 0.3) is 0 Å². The molecule has 10 heavy (non-hydrogen) atoms. The van der Waals surface area contributed by atoms with Crippen LogP contribution in [0.2, 0.25) is 0 Å². The van der Waals surface area contributed by atoms with E-state index in [9.17, 15) is 0 Å². The monoisotopic (exact) mass is 158 g/mol. The zero-order valence-corrected chi connectivity index (χ0v) is 6.91. The van der Waals surface area contributed by atoms with Crippen molar-refractivity contribution in [1.82, 2.24) is 10.6 Å². The third-order valence-electron chi connectivity index (χ3n) is 2.30. The molecule has 2 aliphatic rings. The molecule has 3 heteroatoms. The number of thioether (sulfide) groups is 1. The smallest absolute Gasteiger partial charge is 0.0225 e. The molecule has 2 saturated heterocycles. The first-order valence-electron chi connectivity index (χ1n) is 4.00. The van der Waals surface area contributed by atoms with Gasteiger partial charge in [0.25, 0.3) is 0 Å². The van der Waals surface area contributed by atoms with E-state index in [1.807, 2.05) is 0 Å². The van der Waals surface area contributed by atoms with Gasteiger partial charge in [-0.3, -0.25) is 0 Å². The van der Waals surface area contributed by atoms with Crippen LogP contribution in [0.3, 0.4) is 0 Å². The summed E-state index contributed by atoms with van der Waals surface area (Å²) in [5.74, 6) is 2.26. The maximum atomic E-state index is 3.44. The first-order valence-corrected chi connectivity index (χ1v) is 5.05. The number of hydrogen-bond acceptors (Lipinski definition) is 3. The fourth-order valence-corrected chi connectivity index (χ4v) is 2.73. The summed E-state index contributed by atoms with van der Waals surface area (Å²) < 4.78 is 0. The van der Waals surface area contributed by atoms with Gasteiger partial charge >= 0.3 is 0 Å². The van der Waals surface area contributed by atoms with Crippen LogP contribution in [0.5, 0.6) is 0 Å². The van der Waals surface area contributed by atoms with Gasteiger partial charge in [-0.15, -0.1) is 0 Å². The first kappa shape index (κ1) is 6.95. The van der Waals surface area contributed by atoms with Crippen molar-refractivity contribution < 1.29 is 0 Å². The van der Waals surface area contributed by atoms with Crippen molar-refractivity contribution in [2.45, 2.75) is 5.25 Å². The van der Waals surface area contributed by atoms with E-state index in [1.54, 1.807) is 0 Å². The molecule has 2 fully saturated rings. The Labute approximate surface area is 66.1 Å². The normalized spacial score (nSPS) is 35.4. The topological polar surface area (TPSA) is 24.1 Å². The highest BCUT2D eigenvalue weighted by molar-refractivity contribution is 8.00. The number of rotatable bonds is 1. The Morgan fingerprint density at radius 2 is 2.00 bits per heavy atom. The molecule has 0 amide bonds. The van der Waals surface area contributed by atoms with Crippen molar-refractivity contribution in [2.75, 3.05) is 31.9 Å². The quantitative estimate of drug-likeness (QED) is 0.558. The lowest BCUT2D eigenvalue weighted by molar-refractivity contribution is 0.329. The van der Waals surface area contributed by atoms with Crippen LogP contribution in [0, 0.1) is 5.92 Å². The Morgan fingerprint density at radius 3 is 2.50 bits per heavy atom. The summed E-state index contributed by atoms with van der Waals surface area (Å²) in [6.07, 6.45) is 0. The summed E-state index contributed by atoms with van der Waals surface area (Å²) in [6.45, 7) is 4.94. The Kier molecular flexibility index (Phi) is 2.16. The summed E-state index contributed by atoms with van der Waals surface area (Å²) in [5.41, 5.74) is 0. The van der Waals surface area contributed by atoms with Gasteiger partial charge in [-0.2, -0.15) is 11.8 Å². The highest BCUT2D eigenvalue weighted by atomic mass is 32.2. The molecular weight excluding hydrogens is 144 g/mol.